The maximum absolute atomic E-state index is 2.55. The Morgan fingerprint density at radius 1 is 0.667 bits per heavy atom. The van der Waals surface area contributed by atoms with Crippen molar-refractivity contribution in [2.75, 3.05) is 0 Å². The molecule has 0 atom stereocenters. The van der Waals surface area contributed by atoms with Gasteiger partial charge in [0, 0.05) is 0 Å². The predicted molar refractivity (Wildman–Crippen MR) is 67.0 cm³/mol. The lowest BCUT2D eigenvalue weighted by molar-refractivity contribution is 0.144. The molecule has 0 aromatic carbocycles. The van der Waals surface area contributed by atoms with E-state index in [1.54, 1.807) is 0 Å². The van der Waals surface area contributed by atoms with Crippen LogP contribution in [0.5, 0.6) is 0 Å². The van der Waals surface area contributed by atoms with E-state index >= 15 is 0 Å². The zero-order valence-corrected chi connectivity index (χ0v) is 10.6. The molecule has 0 aromatic rings. The summed E-state index contributed by atoms with van der Waals surface area (Å²) in [6.45, 7) is 2.55. The van der Waals surface area contributed by atoms with Crippen molar-refractivity contribution in [3.05, 3.63) is 0 Å². The Hall–Kier alpha value is 0. The minimum absolute atomic E-state index is 0.732. The fourth-order valence-electron chi connectivity index (χ4n) is 3.61. The molecular formula is C15H28. The van der Waals surface area contributed by atoms with Crippen LogP contribution in [-0.4, -0.2) is 0 Å². The minimum Gasteiger partial charge on any atom is -0.0596 e. The van der Waals surface area contributed by atoms with Gasteiger partial charge in [-0.3, -0.25) is 0 Å². The molecule has 0 heterocycles. The summed E-state index contributed by atoms with van der Waals surface area (Å²) in [5, 5.41) is 0. The summed E-state index contributed by atoms with van der Waals surface area (Å²) in [5.74, 6) is 1.09. The summed E-state index contributed by atoms with van der Waals surface area (Å²) in [7, 11) is 0. The quantitative estimate of drug-likeness (QED) is 0.505. The molecule has 0 spiro atoms. The van der Waals surface area contributed by atoms with E-state index in [0.717, 1.165) is 11.3 Å². The van der Waals surface area contributed by atoms with Crippen LogP contribution in [-0.2, 0) is 0 Å². The van der Waals surface area contributed by atoms with Gasteiger partial charge in [0.15, 0.2) is 0 Å². The molecule has 15 heavy (non-hydrogen) atoms. The van der Waals surface area contributed by atoms with Gasteiger partial charge in [-0.25, -0.2) is 0 Å². The second-order valence-electron chi connectivity index (χ2n) is 6.41. The average Bonchev–Trinajstić information content (AvgIpc) is 2.22. The van der Waals surface area contributed by atoms with Crippen LogP contribution in [0.4, 0.5) is 0 Å². The van der Waals surface area contributed by atoms with Gasteiger partial charge in [0.25, 0.3) is 0 Å². The molecular weight excluding hydrogens is 180 g/mol. The first-order chi connectivity index (χ1) is 7.29. The van der Waals surface area contributed by atoms with Gasteiger partial charge in [-0.15, -0.1) is 0 Å². The molecule has 3 aliphatic rings. The van der Waals surface area contributed by atoms with Crippen LogP contribution in [0.25, 0.3) is 0 Å². The second kappa shape index (κ2) is 5.37. The number of fused-ring (bicyclic) bond motifs is 9. The van der Waals surface area contributed by atoms with E-state index in [1.807, 2.05) is 0 Å². The average molecular weight is 208 g/mol. The topological polar surface area (TPSA) is 0 Å². The summed E-state index contributed by atoms with van der Waals surface area (Å²) >= 11 is 0. The number of hydrogen-bond acceptors (Lipinski definition) is 0. The second-order valence-corrected chi connectivity index (χ2v) is 6.41. The Balaban J connectivity index is 1.87. The van der Waals surface area contributed by atoms with Gasteiger partial charge >= 0.3 is 0 Å². The molecule has 0 radical (unpaired) electrons. The Bertz CT molecular complexity index is 169. The summed E-state index contributed by atoms with van der Waals surface area (Å²) in [5.41, 5.74) is 0.732. The van der Waals surface area contributed by atoms with Gasteiger partial charge in [-0.2, -0.15) is 0 Å². The fourth-order valence-corrected chi connectivity index (χ4v) is 3.61. The molecule has 0 saturated heterocycles. The van der Waals surface area contributed by atoms with E-state index < -0.39 is 0 Å². The van der Waals surface area contributed by atoms with Gasteiger partial charge in [0.2, 0.25) is 0 Å². The first-order valence-electron chi connectivity index (χ1n) is 7.29. The van der Waals surface area contributed by atoms with Crippen LogP contribution in [0.15, 0.2) is 0 Å². The molecule has 3 aliphatic carbocycles. The van der Waals surface area contributed by atoms with Crippen molar-refractivity contribution in [2.24, 2.45) is 11.3 Å². The predicted octanol–water partition coefficient (Wildman–Crippen LogP) is 5.32. The molecule has 0 aliphatic heterocycles. The van der Waals surface area contributed by atoms with Gasteiger partial charge in [0.05, 0.1) is 0 Å². The van der Waals surface area contributed by atoms with Crippen molar-refractivity contribution in [1.29, 1.82) is 0 Å². The normalized spacial score (nSPS) is 39.4. The van der Waals surface area contributed by atoms with Crippen LogP contribution in [0.2, 0.25) is 0 Å². The molecule has 88 valence electrons. The highest BCUT2D eigenvalue weighted by Gasteiger charge is 2.30. The molecule has 3 fully saturated rings. The van der Waals surface area contributed by atoms with Crippen molar-refractivity contribution < 1.29 is 0 Å². The van der Waals surface area contributed by atoms with Crippen molar-refractivity contribution in [3.63, 3.8) is 0 Å². The maximum Gasteiger partial charge on any atom is -0.0326 e. The lowest BCUT2D eigenvalue weighted by Crippen LogP contribution is -2.24. The molecule has 3 rings (SSSR count). The highest BCUT2D eigenvalue weighted by Crippen LogP contribution is 2.44. The highest BCUT2D eigenvalue weighted by atomic mass is 14.4. The highest BCUT2D eigenvalue weighted by molar-refractivity contribution is 4.82. The van der Waals surface area contributed by atoms with Crippen LogP contribution >= 0.6 is 0 Å². The van der Waals surface area contributed by atoms with E-state index in [9.17, 15) is 0 Å². The summed E-state index contributed by atoms with van der Waals surface area (Å²) < 4.78 is 0. The van der Waals surface area contributed by atoms with Gasteiger partial charge in [-0.1, -0.05) is 51.9 Å². The molecule has 2 bridgehead atoms. The fraction of sp³-hybridized carbons (Fsp3) is 1.00. The number of hydrogen-bond donors (Lipinski definition) is 0. The molecule has 0 aromatic heterocycles. The molecule has 0 N–H and O–H groups in total. The van der Waals surface area contributed by atoms with Crippen molar-refractivity contribution in [2.45, 2.75) is 84.0 Å². The Kier molecular flexibility index (Phi) is 4.11. The van der Waals surface area contributed by atoms with Crippen LogP contribution in [0.1, 0.15) is 84.0 Å². The lowest BCUT2D eigenvalue weighted by atomic mass is 9.68. The summed E-state index contributed by atoms with van der Waals surface area (Å²) in [6.07, 6.45) is 18.2. The smallest absolute Gasteiger partial charge is 0.0326 e. The van der Waals surface area contributed by atoms with E-state index in [0.29, 0.717) is 0 Å². The zero-order valence-electron chi connectivity index (χ0n) is 10.6. The lowest BCUT2D eigenvalue weighted by Gasteiger charge is -2.38. The summed E-state index contributed by atoms with van der Waals surface area (Å²) in [4.78, 5) is 0. The maximum atomic E-state index is 2.55. The molecule has 0 nitrogen and oxygen atoms in total. The monoisotopic (exact) mass is 208 g/mol. The van der Waals surface area contributed by atoms with E-state index in [1.165, 1.54) is 77.0 Å². The molecule has 0 heteroatoms. The number of rotatable bonds is 0. The van der Waals surface area contributed by atoms with Crippen LogP contribution in [0.3, 0.4) is 0 Å². The molecule has 0 amide bonds. The van der Waals surface area contributed by atoms with E-state index in [-0.39, 0.29) is 0 Å². The van der Waals surface area contributed by atoms with Crippen molar-refractivity contribution in [1.82, 2.24) is 0 Å². The van der Waals surface area contributed by atoms with Crippen molar-refractivity contribution in [3.8, 4) is 0 Å². The third-order valence-corrected chi connectivity index (χ3v) is 4.95. The first kappa shape index (κ1) is 11.5. The van der Waals surface area contributed by atoms with Gasteiger partial charge in [-0.05, 0) is 43.4 Å². The summed E-state index contributed by atoms with van der Waals surface area (Å²) in [6, 6.07) is 0. The Morgan fingerprint density at radius 3 is 2.00 bits per heavy atom. The SMILES string of the molecule is CC12CCCCCCCCC(CC1)CC2. The molecule has 3 saturated carbocycles. The van der Waals surface area contributed by atoms with Crippen LogP contribution < -0.4 is 0 Å². The van der Waals surface area contributed by atoms with E-state index in [2.05, 4.69) is 6.92 Å². The van der Waals surface area contributed by atoms with Gasteiger partial charge < -0.3 is 0 Å². The Labute approximate surface area is 95.8 Å². The van der Waals surface area contributed by atoms with E-state index in [4.69, 9.17) is 0 Å². The third kappa shape index (κ3) is 3.50. The Morgan fingerprint density at radius 2 is 1.27 bits per heavy atom. The van der Waals surface area contributed by atoms with Crippen LogP contribution in [0, 0.1) is 11.3 Å². The van der Waals surface area contributed by atoms with Crippen molar-refractivity contribution >= 4 is 0 Å². The zero-order chi connectivity index (χ0) is 10.6. The standard InChI is InChI=1S/C15H28/c1-15-11-7-5-3-2-4-6-8-14(9-12-15)10-13-15/h14H,2-13H2,1H3. The minimum atomic E-state index is 0.732. The first-order valence-corrected chi connectivity index (χ1v) is 7.29. The largest absolute Gasteiger partial charge is 0.0596 e. The molecule has 0 unspecified atom stereocenters. The van der Waals surface area contributed by atoms with Gasteiger partial charge in [0.1, 0.15) is 0 Å². The third-order valence-electron chi connectivity index (χ3n) is 4.95.